The summed E-state index contributed by atoms with van der Waals surface area (Å²) in [5, 5.41) is 17.6. The Morgan fingerprint density at radius 3 is 2.67 bits per heavy atom. The molecule has 0 spiro atoms. The molecule has 2 rings (SSSR count). The first kappa shape index (κ1) is 13.2. The third kappa shape index (κ3) is 2.20. The zero-order valence-corrected chi connectivity index (χ0v) is 12.3. The van der Waals surface area contributed by atoms with E-state index in [2.05, 4.69) is 40.0 Å². The molecule has 0 radical (unpaired) electrons. The highest BCUT2D eigenvalue weighted by molar-refractivity contribution is 9.10. The van der Waals surface area contributed by atoms with Gasteiger partial charge in [0, 0.05) is 16.1 Å². The van der Waals surface area contributed by atoms with Crippen molar-refractivity contribution in [2.75, 3.05) is 0 Å². The molecule has 0 aliphatic carbocycles. The first-order valence-corrected chi connectivity index (χ1v) is 6.65. The van der Waals surface area contributed by atoms with E-state index in [0.717, 1.165) is 21.4 Å². The summed E-state index contributed by atoms with van der Waals surface area (Å²) in [6, 6.07) is 6.23. The first-order valence-electron chi connectivity index (χ1n) is 5.86. The topological polar surface area (TPSA) is 50.9 Å². The predicted octanol–water partition coefficient (Wildman–Crippen LogP) is 3.09. The van der Waals surface area contributed by atoms with Gasteiger partial charge in [-0.1, -0.05) is 18.2 Å². The van der Waals surface area contributed by atoms with Crippen molar-refractivity contribution >= 4 is 15.9 Å². The van der Waals surface area contributed by atoms with Gasteiger partial charge < -0.3 is 9.67 Å². The molecule has 1 N–H and O–H groups in total. The maximum absolute atomic E-state index is 9.32. The molecule has 1 heterocycles. The van der Waals surface area contributed by atoms with E-state index in [0.29, 0.717) is 5.82 Å². The second-order valence-electron chi connectivity index (χ2n) is 4.50. The van der Waals surface area contributed by atoms with Crippen molar-refractivity contribution in [3.63, 3.8) is 0 Å². The fourth-order valence-electron chi connectivity index (χ4n) is 1.98. The summed E-state index contributed by atoms with van der Waals surface area (Å²) in [7, 11) is 0. The van der Waals surface area contributed by atoms with Crippen molar-refractivity contribution in [3.05, 3.63) is 34.1 Å². The fraction of sp³-hybridized carbons (Fsp3) is 0.385. The van der Waals surface area contributed by atoms with Gasteiger partial charge in [-0.2, -0.15) is 0 Å². The van der Waals surface area contributed by atoms with Crippen LogP contribution in [0.2, 0.25) is 0 Å². The summed E-state index contributed by atoms with van der Waals surface area (Å²) >= 11 is 3.59. The number of hydrogen-bond donors (Lipinski definition) is 1. The van der Waals surface area contributed by atoms with Crippen molar-refractivity contribution in [2.45, 2.75) is 33.4 Å². The normalized spacial score (nSPS) is 11.2. The largest absolute Gasteiger partial charge is 0.388 e. The molecule has 2 aromatic rings. The summed E-state index contributed by atoms with van der Waals surface area (Å²) in [6.45, 7) is 6.04. The molecule has 0 atom stereocenters. The molecule has 18 heavy (non-hydrogen) atoms. The average Bonchev–Trinajstić information content (AvgIpc) is 2.76. The van der Waals surface area contributed by atoms with Crippen LogP contribution in [0, 0.1) is 6.92 Å². The fourth-order valence-corrected chi connectivity index (χ4v) is 2.42. The van der Waals surface area contributed by atoms with Gasteiger partial charge in [0.05, 0.1) is 0 Å². The third-order valence-electron chi connectivity index (χ3n) is 2.86. The molecule has 0 saturated heterocycles. The van der Waals surface area contributed by atoms with Crippen LogP contribution in [-0.2, 0) is 6.61 Å². The van der Waals surface area contributed by atoms with E-state index in [9.17, 15) is 5.11 Å². The Bertz CT molecular complexity index is 563. The van der Waals surface area contributed by atoms with Crippen LogP contribution >= 0.6 is 15.9 Å². The lowest BCUT2D eigenvalue weighted by molar-refractivity contribution is 0.262. The molecule has 1 aromatic carbocycles. The van der Waals surface area contributed by atoms with Gasteiger partial charge in [-0.25, -0.2) is 0 Å². The molecule has 0 bridgehead atoms. The Labute approximate surface area is 115 Å². The standard InChI is InChI=1S/C13H16BrN3O/c1-8(2)17-11(7-18)15-16-13(17)10-6-4-5-9(3)12(10)14/h4-6,8,18H,7H2,1-3H3. The van der Waals surface area contributed by atoms with E-state index >= 15 is 0 Å². The first-order chi connectivity index (χ1) is 8.56. The van der Waals surface area contributed by atoms with Crippen LogP contribution in [0.5, 0.6) is 0 Å². The second-order valence-corrected chi connectivity index (χ2v) is 5.29. The highest BCUT2D eigenvalue weighted by atomic mass is 79.9. The highest BCUT2D eigenvalue weighted by Crippen LogP contribution is 2.31. The van der Waals surface area contributed by atoms with Crippen molar-refractivity contribution < 1.29 is 5.11 Å². The van der Waals surface area contributed by atoms with E-state index < -0.39 is 0 Å². The molecule has 96 valence electrons. The summed E-state index contributed by atoms with van der Waals surface area (Å²) in [5.41, 5.74) is 2.15. The Morgan fingerprint density at radius 2 is 2.06 bits per heavy atom. The van der Waals surface area contributed by atoms with Gasteiger partial charge in [-0.3, -0.25) is 0 Å². The number of aliphatic hydroxyl groups excluding tert-OH is 1. The highest BCUT2D eigenvalue weighted by Gasteiger charge is 2.17. The molecule has 0 aliphatic heterocycles. The number of hydrogen-bond acceptors (Lipinski definition) is 3. The van der Waals surface area contributed by atoms with Gasteiger partial charge in [0.1, 0.15) is 6.61 Å². The quantitative estimate of drug-likeness (QED) is 0.948. The van der Waals surface area contributed by atoms with Crippen LogP contribution in [0.1, 0.15) is 31.3 Å². The van der Waals surface area contributed by atoms with Gasteiger partial charge in [0.2, 0.25) is 0 Å². The number of rotatable bonds is 3. The molecule has 0 aliphatic rings. The summed E-state index contributed by atoms with van der Waals surface area (Å²) in [6.07, 6.45) is 0. The van der Waals surface area contributed by atoms with Gasteiger partial charge in [-0.05, 0) is 42.3 Å². The van der Waals surface area contributed by atoms with Crippen molar-refractivity contribution in [1.29, 1.82) is 0 Å². The SMILES string of the molecule is Cc1cccc(-c2nnc(CO)n2C(C)C)c1Br. The lowest BCUT2D eigenvalue weighted by Crippen LogP contribution is -2.08. The maximum atomic E-state index is 9.32. The van der Waals surface area contributed by atoms with Crippen molar-refractivity contribution in [2.24, 2.45) is 0 Å². The molecule has 1 aromatic heterocycles. The van der Waals surface area contributed by atoms with Crippen LogP contribution in [0.4, 0.5) is 0 Å². The molecule has 5 heteroatoms. The van der Waals surface area contributed by atoms with Gasteiger partial charge >= 0.3 is 0 Å². The minimum Gasteiger partial charge on any atom is -0.388 e. The number of nitrogens with zero attached hydrogens (tertiary/aromatic N) is 3. The van der Waals surface area contributed by atoms with E-state index in [1.807, 2.05) is 29.7 Å². The zero-order valence-electron chi connectivity index (χ0n) is 10.7. The molecule has 4 nitrogen and oxygen atoms in total. The third-order valence-corrected chi connectivity index (χ3v) is 3.91. The van der Waals surface area contributed by atoms with Gasteiger partial charge in [0.15, 0.2) is 11.6 Å². The lowest BCUT2D eigenvalue weighted by atomic mass is 10.1. The monoisotopic (exact) mass is 309 g/mol. The van der Waals surface area contributed by atoms with Crippen molar-refractivity contribution in [3.8, 4) is 11.4 Å². The Kier molecular flexibility index (Phi) is 3.82. The molecule has 0 fully saturated rings. The van der Waals surface area contributed by atoms with E-state index in [1.165, 1.54) is 0 Å². The molecule has 0 amide bonds. The van der Waals surface area contributed by atoms with Crippen LogP contribution in [0.15, 0.2) is 22.7 Å². The number of benzene rings is 1. The summed E-state index contributed by atoms with van der Waals surface area (Å²) in [5.74, 6) is 1.37. The minimum absolute atomic E-state index is 0.103. The zero-order chi connectivity index (χ0) is 13.3. The predicted molar refractivity (Wildman–Crippen MR) is 74.2 cm³/mol. The van der Waals surface area contributed by atoms with Gasteiger partial charge in [-0.15, -0.1) is 10.2 Å². The number of halogens is 1. The Morgan fingerprint density at radius 1 is 1.33 bits per heavy atom. The molecule has 0 saturated carbocycles. The summed E-state index contributed by atoms with van der Waals surface area (Å²) < 4.78 is 2.98. The maximum Gasteiger partial charge on any atom is 0.165 e. The summed E-state index contributed by atoms with van der Waals surface area (Å²) in [4.78, 5) is 0. The number of aromatic nitrogens is 3. The molecule has 0 unspecified atom stereocenters. The lowest BCUT2D eigenvalue weighted by Gasteiger charge is -2.14. The average molecular weight is 310 g/mol. The van der Waals surface area contributed by atoms with E-state index in [1.54, 1.807) is 0 Å². The second kappa shape index (κ2) is 5.20. The van der Waals surface area contributed by atoms with Crippen LogP contribution in [-0.4, -0.2) is 19.9 Å². The molecular weight excluding hydrogens is 294 g/mol. The number of aliphatic hydroxyl groups is 1. The van der Waals surface area contributed by atoms with Crippen LogP contribution < -0.4 is 0 Å². The van der Waals surface area contributed by atoms with E-state index in [-0.39, 0.29) is 12.6 Å². The van der Waals surface area contributed by atoms with Gasteiger partial charge in [0.25, 0.3) is 0 Å². The van der Waals surface area contributed by atoms with Crippen molar-refractivity contribution in [1.82, 2.24) is 14.8 Å². The number of aryl methyl sites for hydroxylation is 1. The van der Waals surface area contributed by atoms with Crippen LogP contribution in [0.25, 0.3) is 11.4 Å². The Hall–Kier alpha value is -1.20. The van der Waals surface area contributed by atoms with E-state index in [4.69, 9.17) is 0 Å². The molecular formula is C13H16BrN3O. The van der Waals surface area contributed by atoms with Crippen LogP contribution in [0.3, 0.4) is 0 Å². The minimum atomic E-state index is -0.103. The smallest absolute Gasteiger partial charge is 0.165 e. The Balaban J connectivity index is 2.64.